The van der Waals surface area contributed by atoms with E-state index in [1.807, 2.05) is 0 Å². The van der Waals surface area contributed by atoms with Gasteiger partial charge in [-0.3, -0.25) is 10.1 Å². The van der Waals surface area contributed by atoms with E-state index in [9.17, 15) is 10.1 Å². The van der Waals surface area contributed by atoms with Gasteiger partial charge in [-0.15, -0.1) is 0 Å². The van der Waals surface area contributed by atoms with Crippen molar-refractivity contribution in [3.63, 3.8) is 0 Å². The highest BCUT2D eigenvalue weighted by molar-refractivity contribution is 5.55. The molecule has 0 unspecified atom stereocenters. The fourth-order valence-corrected chi connectivity index (χ4v) is 1.95. The summed E-state index contributed by atoms with van der Waals surface area (Å²) >= 11 is 0. The van der Waals surface area contributed by atoms with Crippen LogP contribution in [0.3, 0.4) is 0 Å². The molecule has 92 valence electrons. The molecular weight excluding hydrogens is 222 g/mol. The van der Waals surface area contributed by atoms with Crippen LogP contribution in [0.15, 0.2) is 18.3 Å². The maximum absolute atomic E-state index is 10.8. The predicted molar refractivity (Wildman–Crippen MR) is 63.0 cm³/mol. The molecule has 0 bridgehead atoms. The van der Waals surface area contributed by atoms with Crippen LogP contribution in [-0.4, -0.2) is 29.2 Å². The molecule has 17 heavy (non-hydrogen) atoms. The molecule has 0 amide bonds. The lowest BCUT2D eigenvalue weighted by molar-refractivity contribution is -0.384. The second-order valence-corrected chi connectivity index (χ2v) is 4.22. The van der Waals surface area contributed by atoms with Crippen molar-refractivity contribution in [2.75, 3.05) is 19.0 Å². The Bertz CT molecular complexity index is 413. The summed E-state index contributed by atoms with van der Waals surface area (Å²) in [6.45, 7) is 0.557. The summed E-state index contributed by atoms with van der Waals surface area (Å²) in [6, 6.07) is 2.99. The van der Waals surface area contributed by atoms with Crippen molar-refractivity contribution in [1.29, 1.82) is 0 Å². The van der Waals surface area contributed by atoms with E-state index in [1.54, 1.807) is 13.2 Å². The van der Waals surface area contributed by atoms with Gasteiger partial charge >= 0.3 is 5.69 Å². The summed E-state index contributed by atoms with van der Waals surface area (Å²) in [5.74, 6) is 0.306. The summed E-state index contributed by atoms with van der Waals surface area (Å²) in [5, 5.41) is 13.8. The number of nitrogens with zero attached hydrogens (tertiary/aromatic N) is 2. The topological polar surface area (TPSA) is 77.3 Å². The molecule has 1 heterocycles. The van der Waals surface area contributed by atoms with Crippen LogP contribution in [0.1, 0.15) is 19.3 Å². The molecule has 0 atom stereocenters. The Hall–Kier alpha value is -1.69. The number of pyridine rings is 1. The van der Waals surface area contributed by atoms with Gasteiger partial charge in [0.1, 0.15) is 0 Å². The minimum atomic E-state index is -0.435. The van der Waals surface area contributed by atoms with Crippen LogP contribution in [-0.2, 0) is 4.74 Å². The average Bonchev–Trinajstić information content (AvgIpc) is 2.28. The standard InChI is InChI=1S/C11H15N3O3/c1-17-11(5-3-6-11)8-13-10-9(14(15)16)4-2-7-12-10/h2,4,7H,3,5-6,8H2,1H3,(H,12,13). The predicted octanol–water partition coefficient (Wildman–Crippen LogP) is 1.97. The first-order chi connectivity index (χ1) is 8.17. The third-order valence-electron chi connectivity index (χ3n) is 3.26. The molecule has 0 aliphatic heterocycles. The number of nitrogens with one attached hydrogen (secondary N) is 1. The lowest BCUT2D eigenvalue weighted by atomic mass is 9.80. The number of methoxy groups -OCH3 is 1. The molecule has 1 aliphatic carbocycles. The van der Waals surface area contributed by atoms with Crippen molar-refractivity contribution in [3.8, 4) is 0 Å². The number of ether oxygens (including phenoxy) is 1. The SMILES string of the molecule is COC1(CNc2ncccc2[N+](=O)[O-])CCC1. The van der Waals surface area contributed by atoms with Crippen LogP contribution >= 0.6 is 0 Å². The van der Waals surface area contributed by atoms with Gasteiger partial charge in [-0.25, -0.2) is 4.98 Å². The molecule has 1 saturated carbocycles. The van der Waals surface area contributed by atoms with Crippen LogP contribution in [0.4, 0.5) is 11.5 Å². The van der Waals surface area contributed by atoms with Crippen molar-refractivity contribution < 1.29 is 9.66 Å². The smallest absolute Gasteiger partial charge is 0.311 e. The van der Waals surface area contributed by atoms with Crippen LogP contribution in [0, 0.1) is 10.1 Å². The number of hydrogen-bond donors (Lipinski definition) is 1. The third kappa shape index (κ3) is 2.36. The van der Waals surface area contributed by atoms with Gasteiger partial charge in [0.2, 0.25) is 5.82 Å². The van der Waals surface area contributed by atoms with Crippen LogP contribution in [0.25, 0.3) is 0 Å². The van der Waals surface area contributed by atoms with Crippen molar-refractivity contribution >= 4 is 11.5 Å². The van der Waals surface area contributed by atoms with E-state index in [-0.39, 0.29) is 11.3 Å². The zero-order chi connectivity index (χ0) is 12.3. The summed E-state index contributed by atoms with van der Waals surface area (Å²) in [4.78, 5) is 14.3. The molecule has 0 saturated heterocycles. The lowest BCUT2D eigenvalue weighted by Gasteiger charge is -2.40. The third-order valence-corrected chi connectivity index (χ3v) is 3.26. The first-order valence-corrected chi connectivity index (χ1v) is 5.55. The normalized spacial score (nSPS) is 17.2. The van der Waals surface area contributed by atoms with Gasteiger partial charge in [0.25, 0.3) is 0 Å². The summed E-state index contributed by atoms with van der Waals surface area (Å²) in [7, 11) is 1.67. The summed E-state index contributed by atoms with van der Waals surface area (Å²) in [5.41, 5.74) is -0.177. The number of hydrogen-bond acceptors (Lipinski definition) is 5. The zero-order valence-corrected chi connectivity index (χ0v) is 9.68. The van der Waals surface area contributed by atoms with Gasteiger partial charge in [0, 0.05) is 25.9 Å². The Morgan fingerprint density at radius 2 is 2.41 bits per heavy atom. The van der Waals surface area contributed by atoms with Crippen molar-refractivity contribution in [2.45, 2.75) is 24.9 Å². The second-order valence-electron chi connectivity index (χ2n) is 4.22. The number of aromatic nitrogens is 1. The van der Waals surface area contributed by atoms with Crippen LogP contribution < -0.4 is 5.32 Å². The second kappa shape index (κ2) is 4.67. The average molecular weight is 237 g/mol. The first kappa shape index (κ1) is 11.8. The fraction of sp³-hybridized carbons (Fsp3) is 0.545. The lowest BCUT2D eigenvalue weighted by Crippen LogP contribution is -2.45. The Balaban J connectivity index is 2.06. The molecule has 0 aromatic carbocycles. The molecule has 1 N–H and O–H groups in total. The molecule has 2 rings (SSSR count). The Kier molecular flexibility index (Phi) is 3.23. The fourth-order valence-electron chi connectivity index (χ4n) is 1.95. The highest BCUT2D eigenvalue weighted by atomic mass is 16.6. The molecule has 0 radical (unpaired) electrons. The number of rotatable bonds is 5. The highest BCUT2D eigenvalue weighted by Gasteiger charge is 2.37. The summed E-state index contributed by atoms with van der Waals surface area (Å²) in [6.07, 6.45) is 4.64. The minimum Gasteiger partial charge on any atom is -0.376 e. The van der Waals surface area contributed by atoms with Crippen molar-refractivity contribution in [3.05, 3.63) is 28.4 Å². The number of anilines is 1. The molecule has 1 aromatic rings. The monoisotopic (exact) mass is 237 g/mol. The van der Waals surface area contributed by atoms with E-state index in [4.69, 9.17) is 4.74 Å². The van der Waals surface area contributed by atoms with Crippen LogP contribution in [0.2, 0.25) is 0 Å². The quantitative estimate of drug-likeness (QED) is 0.625. The Morgan fingerprint density at radius 1 is 1.65 bits per heavy atom. The first-order valence-electron chi connectivity index (χ1n) is 5.55. The maximum Gasteiger partial charge on any atom is 0.311 e. The largest absolute Gasteiger partial charge is 0.376 e. The van der Waals surface area contributed by atoms with Gasteiger partial charge in [-0.2, -0.15) is 0 Å². The molecule has 6 heteroatoms. The van der Waals surface area contributed by atoms with Crippen molar-refractivity contribution in [1.82, 2.24) is 4.98 Å². The van der Waals surface area contributed by atoms with Gasteiger partial charge in [0.15, 0.2) is 0 Å². The maximum atomic E-state index is 10.8. The van der Waals surface area contributed by atoms with Gasteiger partial charge in [-0.1, -0.05) is 0 Å². The van der Waals surface area contributed by atoms with E-state index in [2.05, 4.69) is 10.3 Å². The minimum absolute atomic E-state index is 0.00178. The van der Waals surface area contributed by atoms with Gasteiger partial charge < -0.3 is 10.1 Å². The molecule has 0 spiro atoms. The van der Waals surface area contributed by atoms with Crippen LogP contribution in [0.5, 0.6) is 0 Å². The molecular formula is C11H15N3O3. The highest BCUT2D eigenvalue weighted by Crippen LogP contribution is 2.35. The van der Waals surface area contributed by atoms with Gasteiger partial charge in [-0.05, 0) is 25.3 Å². The van der Waals surface area contributed by atoms with E-state index < -0.39 is 4.92 Å². The van der Waals surface area contributed by atoms with Crippen molar-refractivity contribution in [2.24, 2.45) is 0 Å². The molecule has 1 aliphatic rings. The molecule has 6 nitrogen and oxygen atoms in total. The zero-order valence-electron chi connectivity index (χ0n) is 9.68. The Morgan fingerprint density at radius 3 is 2.94 bits per heavy atom. The van der Waals surface area contributed by atoms with E-state index in [0.717, 1.165) is 19.3 Å². The van der Waals surface area contributed by atoms with Gasteiger partial charge in [0.05, 0.1) is 10.5 Å². The number of nitro groups is 1. The van der Waals surface area contributed by atoms with E-state index >= 15 is 0 Å². The molecule has 1 aromatic heterocycles. The molecule has 1 fully saturated rings. The van der Waals surface area contributed by atoms with E-state index in [1.165, 1.54) is 12.3 Å². The van der Waals surface area contributed by atoms with E-state index in [0.29, 0.717) is 12.4 Å². The summed E-state index contributed by atoms with van der Waals surface area (Å²) < 4.78 is 5.44. The Labute approximate surface area is 99.2 Å².